The third kappa shape index (κ3) is 6.85. The predicted octanol–water partition coefficient (Wildman–Crippen LogP) is 0.486. The highest BCUT2D eigenvalue weighted by Crippen LogP contribution is 2.14. The molecule has 2 N–H and O–H groups in total. The Morgan fingerprint density at radius 1 is 1.18 bits per heavy atom. The molecule has 0 aromatic carbocycles. The number of carbonyl (C=O) groups is 3. The number of ketones is 2. The Hall–Kier alpha value is -1.69. The van der Waals surface area contributed by atoms with Crippen LogP contribution in [0.1, 0.15) is 32.6 Å². The molecule has 124 valence electrons. The number of rotatable bonds is 8. The number of hydrogen-bond donors (Lipinski definition) is 2. The summed E-state index contributed by atoms with van der Waals surface area (Å²) in [5.41, 5.74) is 0.606. The van der Waals surface area contributed by atoms with Crippen LogP contribution in [0.3, 0.4) is 0 Å². The Balaban J connectivity index is 2.29. The molecule has 0 bridgehead atoms. The SMILES string of the molecule is CN/C(=C\C(=O)C(C)=O)CCC(=O)NCC1CCN(C)CC1. The van der Waals surface area contributed by atoms with E-state index in [1.54, 1.807) is 7.05 Å². The lowest BCUT2D eigenvalue weighted by atomic mass is 9.97. The minimum Gasteiger partial charge on any atom is -0.391 e. The highest BCUT2D eigenvalue weighted by atomic mass is 16.2. The smallest absolute Gasteiger partial charge is 0.222 e. The standard InChI is InChI=1S/C16H27N3O3/c1-12(20)15(21)10-14(17-2)4-5-16(22)18-11-13-6-8-19(3)9-7-13/h10,13,17H,4-9,11H2,1-3H3,(H,18,22)/b14-10-. The van der Waals surface area contributed by atoms with Crippen molar-refractivity contribution >= 4 is 17.5 Å². The summed E-state index contributed by atoms with van der Waals surface area (Å²) in [7, 11) is 3.79. The summed E-state index contributed by atoms with van der Waals surface area (Å²) in [6.45, 7) is 4.12. The van der Waals surface area contributed by atoms with E-state index >= 15 is 0 Å². The summed E-state index contributed by atoms with van der Waals surface area (Å²) >= 11 is 0. The first-order chi connectivity index (χ1) is 10.4. The van der Waals surface area contributed by atoms with Gasteiger partial charge in [0.1, 0.15) is 0 Å². The first-order valence-corrected chi connectivity index (χ1v) is 7.80. The van der Waals surface area contributed by atoms with E-state index in [-0.39, 0.29) is 5.91 Å². The van der Waals surface area contributed by atoms with Gasteiger partial charge >= 0.3 is 0 Å². The van der Waals surface area contributed by atoms with Crippen molar-refractivity contribution in [2.45, 2.75) is 32.6 Å². The molecule has 1 amide bonds. The number of amides is 1. The van der Waals surface area contributed by atoms with Gasteiger partial charge in [0.25, 0.3) is 0 Å². The Labute approximate surface area is 132 Å². The molecule has 0 unspecified atom stereocenters. The molecule has 6 nitrogen and oxygen atoms in total. The summed E-state index contributed by atoms with van der Waals surface area (Å²) < 4.78 is 0. The van der Waals surface area contributed by atoms with Crippen LogP contribution in [0.15, 0.2) is 11.8 Å². The van der Waals surface area contributed by atoms with Crippen LogP contribution in [0.2, 0.25) is 0 Å². The average Bonchev–Trinajstić information content (AvgIpc) is 2.50. The molecule has 1 fully saturated rings. The van der Waals surface area contributed by atoms with Gasteiger partial charge < -0.3 is 15.5 Å². The summed E-state index contributed by atoms with van der Waals surface area (Å²) in [5, 5.41) is 5.81. The van der Waals surface area contributed by atoms with Crippen molar-refractivity contribution in [2.24, 2.45) is 5.92 Å². The molecule has 1 aliphatic heterocycles. The van der Waals surface area contributed by atoms with E-state index in [9.17, 15) is 14.4 Å². The van der Waals surface area contributed by atoms with E-state index in [0.29, 0.717) is 24.5 Å². The summed E-state index contributed by atoms with van der Waals surface area (Å²) in [4.78, 5) is 36.4. The van der Waals surface area contributed by atoms with Gasteiger partial charge in [0.15, 0.2) is 5.78 Å². The number of allylic oxidation sites excluding steroid dienone is 2. The number of likely N-dealkylation sites (tertiary alicyclic amines) is 1. The molecule has 22 heavy (non-hydrogen) atoms. The lowest BCUT2D eigenvalue weighted by molar-refractivity contribution is -0.132. The molecule has 0 aromatic rings. The van der Waals surface area contributed by atoms with Crippen LogP contribution < -0.4 is 10.6 Å². The Morgan fingerprint density at radius 3 is 2.36 bits per heavy atom. The molecule has 0 saturated carbocycles. The fourth-order valence-corrected chi connectivity index (χ4v) is 2.39. The van der Waals surface area contributed by atoms with E-state index in [1.165, 1.54) is 13.0 Å². The largest absolute Gasteiger partial charge is 0.391 e. The quantitative estimate of drug-likeness (QED) is 0.504. The maximum atomic E-state index is 11.9. The number of carbonyl (C=O) groups excluding carboxylic acids is 3. The fourth-order valence-electron chi connectivity index (χ4n) is 2.39. The van der Waals surface area contributed by atoms with Crippen LogP contribution in [-0.2, 0) is 14.4 Å². The van der Waals surface area contributed by atoms with Crippen molar-refractivity contribution in [3.05, 3.63) is 11.8 Å². The molecule has 1 aliphatic rings. The molecule has 0 aromatic heterocycles. The van der Waals surface area contributed by atoms with Crippen molar-refractivity contribution in [2.75, 3.05) is 33.7 Å². The maximum Gasteiger partial charge on any atom is 0.222 e. The van der Waals surface area contributed by atoms with E-state index in [1.807, 2.05) is 0 Å². The van der Waals surface area contributed by atoms with Gasteiger partial charge in [-0.15, -0.1) is 0 Å². The van der Waals surface area contributed by atoms with Crippen molar-refractivity contribution in [1.82, 2.24) is 15.5 Å². The number of nitrogens with zero attached hydrogens (tertiary/aromatic N) is 1. The lowest BCUT2D eigenvalue weighted by Crippen LogP contribution is -2.36. The second-order valence-electron chi connectivity index (χ2n) is 5.89. The van der Waals surface area contributed by atoms with E-state index in [0.717, 1.165) is 32.5 Å². The Bertz CT molecular complexity index is 438. The zero-order valence-electron chi connectivity index (χ0n) is 13.8. The van der Waals surface area contributed by atoms with Gasteiger partial charge in [0.2, 0.25) is 11.7 Å². The minimum absolute atomic E-state index is 0.0182. The van der Waals surface area contributed by atoms with Gasteiger partial charge in [0.05, 0.1) is 0 Å². The molecule has 1 saturated heterocycles. The highest BCUT2D eigenvalue weighted by molar-refractivity contribution is 6.40. The second kappa shape index (κ2) is 9.35. The molecule has 0 aliphatic carbocycles. The van der Waals surface area contributed by atoms with Crippen LogP contribution in [-0.4, -0.2) is 56.1 Å². The molecular weight excluding hydrogens is 282 g/mol. The van der Waals surface area contributed by atoms with Crippen molar-refractivity contribution in [1.29, 1.82) is 0 Å². The van der Waals surface area contributed by atoms with Gasteiger partial charge in [-0.3, -0.25) is 14.4 Å². The molecule has 1 heterocycles. The third-order valence-electron chi connectivity index (χ3n) is 4.02. The fraction of sp³-hybridized carbons (Fsp3) is 0.688. The van der Waals surface area contributed by atoms with Gasteiger partial charge in [-0.25, -0.2) is 0 Å². The van der Waals surface area contributed by atoms with Crippen LogP contribution in [0, 0.1) is 5.92 Å². The topological polar surface area (TPSA) is 78.5 Å². The number of Topliss-reactive ketones (excluding diaryl/α,β-unsaturated/α-hetero) is 1. The number of hydrogen-bond acceptors (Lipinski definition) is 5. The van der Waals surface area contributed by atoms with Gasteiger partial charge in [-0.2, -0.15) is 0 Å². The zero-order valence-corrected chi connectivity index (χ0v) is 13.8. The van der Waals surface area contributed by atoms with E-state index in [2.05, 4.69) is 22.6 Å². The van der Waals surface area contributed by atoms with Gasteiger partial charge in [-0.05, 0) is 45.3 Å². The van der Waals surface area contributed by atoms with Crippen LogP contribution >= 0.6 is 0 Å². The third-order valence-corrected chi connectivity index (χ3v) is 4.02. The normalized spacial score (nSPS) is 17.1. The van der Waals surface area contributed by atoms with Gasteiger partial charge in [0, 0.05) is 38.7 Å². The molecule has 0 spiro atoms. The summed E-state index contributed by atoms with van der Waals surface area (Å²) in [5.74, 6) is -0.510. The number of nitrogens with one attached hydrogen (secondary N) is 2. The monoisotopic (exact) mass is 309 g/mol. The maximum absolute atomic E-state index is 11.9. The van der Waals surface area contributed by atoms with Crippen molar-refractivity contribution < 1.29 is 14.4 Å². The first-order valence-electron chi connectivity index (χ1n) is 7.80. The van der Waals surface area contributed by atoms with Crippen molar-refractivity contribution in [3.63, 3.8) is 0 Å². The van der Waals surface area contributed by atoms with Crippen molar-refractivity contribution in [3.8, 4) is 0 Å². The molecule has 6 heteroatoms. The highest BCUT2D eigenvalue weighted by Gasteiger charge is 2.17. The van der Waals surface area contributed by atoms with E-state index < -0.39 is 11.6 Å². The lowest BCUT2D eigenvalue weighted by Gasteiger charge is -2.28. The zero-order chi connectivity index (χ0) is 16.5. The summed E-state index contributed by atoms with van der Waals surface area (Å²) in [6, 6.07) is 0. The van der Waals surface area contributed by atoms with Gasteiger partial charge in [-0.1, -0.05) is 0 Å². The number of piperidine rings is 1. The average molecular weight is 309 g/mol. The molecular formula is C16H27N3O3. The van der Waals surface area contributed by atoms with Crippen LogP contribution in [0.5, 0.6) is 0 Å². The van der Waals surface area contributed by atoms with Crippen LogP contribution in [0.4, 0.5) is 0 Å². The minimum atomic E-state index is -0.545. The predicted molar refractivity (Wildman–Crippen MR) is 85.3 cm³/mol. The Morgan fingerprint density at radius 2 is 1.82 bits per heavy atom. The molecule has 0 atom stereocenters. The summed E-state index contributed by atoms with van der Waals surface area (Å²) in [6.07, 6.45) is 4.24. The first kappa shape index (κ1) is 18.4. The molecule has 0 radical (unpaired) electrons. The van der Waals surface area contributed by atoms with E-state index in [4.69, 9.17) is 0 Å². The Kier molecular flexibility index (Phi) is 7.80. The second-order valence-corrected chi connectivity index (χ2v) is 5.89. The van der Waals surface area contributed by atoms with Crippen LogP contribution in [0.25, 0.3) is 0 Å². The molecule has 1 rings (SSSR count).